The SMILES string of the molecule is NC(=O)c1ccc(N(CCC(N)=S)C2CC2)nn1. The average Bonchev–Trinajstić information content (AvgIpc) is 3.14. The van der Waals surface area contributed by atoms with Gasteiger partial charge in [-0.05, 0) is 25.0 Å². The molecule has 0 radical (unpaired) electrons. The lowest BCUT2D eigenvalue weighted by Gasteiger charge is -2.22. The van der Waals surface area contributed by atoms with Crippen LogP contribution < -0.4 is 16.4 Å². The first kappa shape index (κ1) is 12.7. The van der Waals surface area contributed by atoms with Gasteiger partial charge in [0.05, 0.1) is 4.99 Å². The third-order valence-electron chi connectivity index (χ3n) is 2.78. The standard InChI is InChI=1S/C11H15N5OS/c12-9(18)5-6-16(7-1-2-7)10-4-3-8(11(13)17)14-15-10/h3-4,7H,1-2,5-6H2,(H2,12,18)(H2,13,17). The molecule has 0 atom stereocenters. The zero-order chi connectivity index (χ0) is 13.1. The van der Waals surface area contributed by atoms with Gasteiger partial charge in [0.1, 0.15) is 0 Å². The molecule has 1 fully saturated rings. The van der Waals surface area contributed by atoms with Crippen LogP contribution in [0.3, 0.4) is 0 Å². The summed E-state index contributed by atoms with van der Waals surface area (Å²) in [4.78, 5) is 13.5. The zero-order valence-electron chi connectivity index (χ0n) is 9.87. The number of primary amides is 1. The molecule has 1 aliphatic carbocycles. The molecule has 0 aromatic carbocycles. The van der Waals surface area contributed by atoms with Crippen LogP contribution in [0.4, 0.5) is 5.82 Å². The number of anilines is 1. The van der Waals surface area contributed by atoms with Gasteiger partial charge in [-0.25, -0.2) is 0 Å². The van der Waals surface area contributed by atoms with Crippen LogP contribution in [0.1, 0.15) is 29.8 Å². The van der Waals surface area contributed by atoms with Gasteiger partial charge < -0.3 is 16.4 Å². The van der Waals surface area contributed by atoms with Gasteiger partial charge >= 0.3 is 0 Å². The van der Waals surface area contributed by atoms with Crippen LogP contribution in [0.15, 0.2) is 12.1 Å². The Morgan fingerprint density at radius 1 is 1.39 bits per heavy atom. The summed E-state index contributed by atoms with van der Waals surface area (Å²) in [5.41, 5.74) is 10.8. The molecule has 1 aliphatic rings. The van der Waals surface area contributed by atoms with Gasteiger partial charge in [-0.3, -0.25) is 4.79 Å². The van der Waals surface area contributed by atoms with E-state index in [0.717, 1.165) is 25.2 Å². The van der Waals surface area contributed by atoms with Crippen LogP contribution in [0.5, 0.6) is 0 Å². The second-order valence-electron chi connectivity index (χ2n) is 4.28. The number of hydrogen-bond donors (Lipinski definition) is 2. The highest BCUT2D eigenvalue weighted by Crippen LogP contribution is 2.30. The van der Waals surface area contributed by atoms with Crippen LogP contribution in [0, 0.1) is 0 Å². The van der Waals surface area contributed by atoms with E-state index in [2.05, 4.69) is 15.1 Å². The number of thiocarbonyl (C=S) groups is 1. The van der Waals surface area contributed by atoms with Crippen LogP contribution >= 0.6 is 12.2 Å². The fourth-order valence-electron chi connectivity index (χ4n) is 1.71. The predicted molar refractivity (Wildman–Crippen MR) is 72.3 cm³/mol. The summed E-state index contributed by atoms with van der Waals surface area (Å²) in [6.45, 7) is 0.727. The Labute approximate surface area is 110 Å². The van der Waals surface area contributed by atoms with Crippen molar-refractivity contribution in [1.82, 2.24) is 10.2 Å². The molecule has 7 heteroatoms. The van der Waals surface area contributed by atoms with Gasteiger partial charge in [0, 0.05) is 19.0 Å². The van der Waals surface area contributed by atoms with Crippen LogP contribution in [0.2, 0.25) is 0 Å². The lowest BCUT2D eigenvalue weighted by molar-refractivity contribution is 0.0994. The van der Waals surface area contributed by atoms with Crippen molar-refractivity contribution in [3.05, 3.63) is 17.8 Å². The monoisotopic (exact) mass is 265 g/mol. The van der Waals surface area contributed by atoms with Crippen LogP contribution in [0.25, 0.3) is 0 Å². The number of aromatic nitrogens is 2. The fraction of sp³-hybridized carbons (Fsp3) is 0.455. The molecule has 96 valence electrons. The van der Waals surface area contributed by atoms with E-state index in [4.69, 9.17) is 23.7 Å². The van der Waals surface area contributed by atoms with E-state index < -0.39 is 5.91 Å². The minimum Gasteiger partial charge on any atom is -0.393 e. The van der Waals surface area contributed by atoms with Crippen LogP contribution in [-0.2, 0) is 0 Å². The molecule has 0 spiro atoms. The summed E-state index contributed by atoms with van der Waals surface area (Å²) in [5, 5.41) is 7.84. The molecule has 2 rings (SSSR count). The molecule has 1 aromatic rings. The second-order valence-corrected chi connectivity index (χ2v) is 4.81. The summed E-state index contributed by atoms with van der Waals surface area (Å²) in [6.07, 6.45) is 2.91. The maximum atomic E-state index is 10.9. The number of nitrogens with two attached hydrogens (primary N) is 2. The summed E-state index contributed by atoms with van der Waals surface area (Å²) in [6, 6.07) is 3.82. The number of hydrogen-bond acceptors (Lipinski definition) is 5. The quantitative estimate of drug-likeness (QED) is 0.714. The Kier molecular flexibility index (Phi) is 3.71. The fourth-order valence-corrected chi connectivity index (χ4v) is 1.80. The third kappa shape index (κ3) is 3.13. The predicted octanol–water partition coefficient (Wildman–Crippen LogP) is 0.220. The van der Waals surface area contributed by atoms with E-state index in [1.54, 1.807) is 12.1 Å². The minimum absolute atomic E-state index is 0.170. The van der Waals surface area contributed by atoms with Crippen molar-refractivity contribution < 1.29 is 4.79 Å². The Morgan fingerprint density at radius 2 is 2.11 bits per heavy atom. The van der Waals surface area contributed by atoms with E-state index in [9.17, 15) is 4.79 Å². The van der Waals surface area contributed by atoms with E-state index in [-0.39, 0.29) is 5.69 Å². The number of carbonyl (C=O) groups excluding carboxylic acids is 1. The molecule has 18 heavy (non-hydrogen) atoms. The number of nitrogens with zero attached hydrogens (tertiary/aromatic N) is 3. The highest BCUT2D eigenvalue weighted by molar-refractivity contribution is 7.80. The van der Waals surface area contributed by atoms with Crippen molar-refractivity contribution in [1.29, 1.82) is 0 Å². The molecule has 0 aliphatic heterocycles. The minimum atomic E-state index is -0.574. The number of carbonyl (C=O) groups is 1. The lowest BCUT2D eigenvalue weighted by Crippen LogP contribution is -2.30. The van der Waals surface area contributed by atoms with Crippen molar-refractivity contribution in [2.24, 2.45) is 11.5 Å². The third-order valence-corrected chi connectivity index (χ3v) is 2.99. The first-order chi connectivity index (χ1) is 8.58. The summed E-state index contributed by atoms with van der Waals surface area (Å²) in [5.74, 6) is 0.161. The lowest BCUT2D eigenvalue weighted by atomic mass is 10.3. The molecule has 0 saturated heterocycles. The van der Waals surface area contributed by atoms with E-state index in [1.165, 1.54) is 0 Å². The zero-order valence-corrected chi connectivity index (χ0v) is 10.7. The van der Waals surface area contributed by atoms with Crippen molar-refractivity contribution >= 4 is 28.9 Å². The van der Waals surface area contributed by atoms with Gasteiger partial charge in [-0.1, -0.05) is 12.2 Å². The summed E-state index contributed by atoms with van der Waals surface area (Å²) >= 11 is 4.88. The van der Waals surface area contributed by atoms with Crippen molar-refractivity contribution in [2.75, 3.05) is 11.4 Å². The van der Waals surface area contributed by atoms with Crippen molar-refractivity contribution in [2.45, 2.75) is 25.3 Å². The van der Waals surface area contributed by atoms with E-state index in [1.807, 2.05) is 0 Å². The normalized spacial score (nSPS) is 14.2. The Balaban J connectivity index is 2.10. The maximum absolute atomic E-state index is 10.9. The molecule has 1 heterocycles. The summed E-state index contributed by atoms with van der Waals surface area (Å²) in [7, 11) is 0. The first-order valence-corrected chi connectivity index (χ1v) is 6.17. The topological polar surface area (TPSA) is 98.1 Å². The average molecular weight is 265 g/mol. The summed E-state index contributed by atoms with van der Waals surface area (Å²) < 4.78 is 0. The highest BCUT2D eigenvalue weighted by atomic mass is 32.1. The number of amides is 1. The largest absolute Gasteiger partial charge is 0.393 e. The Bertz CT molecular complexity index is 457. The smallest absolute Gasteiger partial charge is 0.269 e. The maximum Gasteiger partial charge on any atom is 0.269 e. The molecular weight excluding hydrogens is 250 g/mol. The Hall–Kier alpha value is -1.76. The molecule has 1 saturated carbocycles. The second kappa shape index (κ2) is 5.26. The molecule has 4 N–H and O–H groups in total. The van der Waals surface area contributed by atoms with E-state index >= 15 is 0 Å². The molecule has 1 amide bonds. The van der Waals surface area contributed by atoms with Gasteiger partial charge in [0.25, 0.3) is 5.91 Å². The molecule has 1 aromatic heterocycles. The van der Waals surface area contributed by atoms with Gasteiger partial charge in [0.15, 0.2) is 11.5 Å². The number of rotatable bonds is 6. The molecular formula is C11H15N5OS. The Morgan fingerprint density at radius 3 is 2.56 bits per heavy atom. The van der Waals surface area contributed by atoms with Crippen LogP contribution in [-0.4, -0.2) is 33.7 Å². The van der Waals surface area contributed by atoms with Crippen molar-refractivity contribution in [3.63, 3.8) is 0 Å². The molecule has 0 bridgehead atoms. The molecule has 0 unspecified atom stereocenters. The van der Waals surface area contributed by atoms with E-state index in [0.29, 0.717) is 17.5 Å². The molecule has 6 nitrogen and oxygen atoms in total. The first-order valence-electron chi connectivity index (χ1n) is 5.76. The van der Waals surface area contributed by atoms with Gasteiger partial charge in [-0.15, -0.1) is 10.2 Å². The highest BCUT2D eigenvalue weighted by Gasteiger charge is 2.30. The van der Waals surface area contributed by atoms with Gasteiger partial charge in [-0.2, -0.15) is 0 Å². The van der Waals surface area contributed by atoms with Crippen molar-refractivity contribution in [3.8, 4) is 0 Å². The van der Waals surface area contributed by atoms with Gasteiger partial charge in [0.2, 0.25) is 0 Å².